The lowest BCUT2D eigenvalue weighted by atomic mass is 10.3. The number of rotatable bonds is 6. The van der Waals surface area contributed by atoms with Gasteiger partial charge >= 0.3 is 0 Å². The monoisotopic (exact) mass is 288 g/mol. The van der Waals surface area contributed by atoms with Crippen LogP contribution in [0.25, 0.3) is 0 Å². The Labute approximate surface area is 112 Å². The largest absolute Gasteiger partial charge is 0.337 e. The minimum atomic E-state index is -1.52. The molecule has 0 saturated carbocycles. The van der Waals surface area contributed by atoms with E-state index in [0.29, 0.717) is 19.5 Å². The Morgan fingerprint density at radius 3 is 2.06 bits per heavy atom. The lowest BCUT2D eigenvalue weighted by Gasteiger charge is -2.34. The Morgan fingerprint density at radius 2 is 1.75 bits per heavy atom. The average molecular weight is 290 g/mol. The summed E-state index contributed by atoms with van der Waals surface area (Å²) < 4.78 is -1.52. The van der Waals surface area contributed by atoms with Crippen LogP contribution in [0.4, 0.5) is 0 Å². The fourth-order valence-electron chi connectivity index (χ4n) is 1.42. The van der Waals surface area contributed by atoms with Gasteiger partial charge in [0.2, 0.25) is 9.70 Å². The first-order chi connectivity index (χ1) is 7.36. The second-order valence-corrected chi connectivity index (χ2v) is 5.85. The Kier molecular flexibility index (Phi) is 7.73. The first-order valence-corrected chi connectivity index (χ1v) is 6.60. The highest BCUT2D eigenvalue weighted by Crippen LogP contribution is 2.32. The standard InChI is InChI=1S/C10H19Cl3N2O/c1-4-7-8(16)14-9(10(11,12)13)15(5-2)6-3/h9H,4-7H2,1-3H3,(H,14,16)/t9-/m0/s1. The summed E-state index contributed by atoms with van der Waals surface area (Å²) in [5.74, 6) is -0.0919. The Hall–Kier alpha value is 0.300. The molecule has 0 fully saturated rings. The zero-order valence-corrected chi connectivity index (χ0v) is 12.2. The van der Waals surface area contributed by atoms with Crippen LogP contribution in [0.1, 0.15) is 33.6 Å². The Morgan fingerprint density at radius 1 is 1.25 bits per heavy atom. The van der Waals surface area contributed by atoms with Gasteiger partial charge in [-0.2, -0.15) is 0 Å². The van der Waals surface area contributed by atoms with E-state index in [2.05, 4.69) is 5.32 Å². The van der Waals surface area contributed by atoms with Gasteiger partial charge in [0.25, 0.3) is 0 Å². The Bertz CT molecular complexity index is 215. The quantitative estimate of drug-likeness (QED) is 0.602. The molecule has 1 N–H and O–H groups in total. The van der Waals surface area contributed by atoms with Crippen molar-refractivity contribution >= 4 is 40.7 Å². The van der Waals surface area contributed by atoms with Crippen molar-refractivity contribution in [3.63, 3.8) is 0 Å². The molecule has 0 aromatic heterocycles. The second kappa shape index (κ2) is 7.59. The van der Waals surface area contributed by atoms with Crippen molar-refractivity contribution in [3.8, 4) is 0 Å². The van der Waals surface area contributed by atoms with E-state index in [-0.39, 0.29) is 5.91 Å². The predicted octanol–water partition coefficient (Wildman–Crippen LogP) is 2.94. The number of amides is 1. The van der Waals surface area contributed by atoms with E-state index < -0.39 is 9.96 Å². The van der Waals surface area contributed by atoms with Crippen molar-refractivity contribution in [2.45, 2.75) is 43.6 Å². The van der Waals surface area contributed by atoms with Gasteiger partial charge in [0.15, 0.2) is 0 Å². The summed E-state index contributed by atoms with van der Waals surface area (Å²) in [7, 11) is 0. The molecule has 0 aliphatic heterocycles. The van der Waals surface area contributed by atoms with Crippen molar-refractivity contribution in [2.75, 3.05) is 13.1 Å². The first kappa shape index (κ1) is 16.3. The van der Waals surface area contributed by atoms with E-state index in [9.17, 15) is 4.79 Å². The van der Waals surface area contributed by atoms with Gasteiger partial charge in [-0.05, 0) is 19.5 Å². The van der Waals surface area contributed by atoms with Gasteiger partial charge in [0.1, 0.15) is 6.17 Å². The maximum Gasteiger partial charge on any atom is 0.223 e. The highest BCUT2D eigenvalue weighted by molar-refractivity contribution is 6.68. The van der Waals surface area contributed by atoms with Crippen molar-refractivity contribution in [1.29, 1.82) is 0 Å². The number of hydrogen-bond donors (Lipinski definition) is 1. The van der Waals surface area contributed by atoms with Gasteiger partial charge in [-0.25, -0.2) is 0 Å². The normalized spacial score (nSPS) is 13.9. The van der Waals surface area contributed by atoms with Crippen LogP contribution in [0.2, 0.25) is 0 Å². The molecule has 16 heavy (non-hydrogen) atoms. The summed E-state index contributed by atoms with van der Waals surface area (Å²) in [5, 5.41) is 2.75. The third-order valence-electron chi connectivity index (χ3n) is 2.26. The predicted molar refractivity (Wildman–Crippen MR) is 70.0 cm³/mol. The molecule has 1 amide bonds. The van der Waals surface area contributed by atoms with Crippen LogP contribution in [0, 0.1) is 0 Å². The van der Waals surface area contributed by atoms with Crippen molar-refractivity contribution in [2.24, 2.45) is 0 Å². The molecule has 0 saturated heterocycles. The summed E-state index contributed by atoms with van der Waals surface area (Å²) in [4.78, 5) is 13.4. The van der Waals surface area contributed by atoms with Crippen LogP contribution in [0.15, 0.2) is 0 Å². The molecule has 0 bridgehead atoms. The van der Waals surface area contributed by atoms with Crippen LogP contribution >= 0.6 is 34.8 Å². The molecule has 0 aliphatic rings. The minimum absolute atomic E-state index is 0.0919. The minimum Gasteiger partial charge on any atom is -0.337 e. The van der Waals surface area contributed by atoms with Crippen LogP contribution < -0.4 is 5.32 Å². The third-order valence-corrected chi connectivity index (χ3v) is 2.88. The smallest absolute Gasteiger partial charge is 0.223 e. The molecule has 3 nitrogen and oxygen atoms in total. The molecule has 6 heteroatoms. The van der Waals surface area contributed by atoms with E-state index in [4.69, 9.17) is 34.8 Å². The molecule has 0 aromatic carbocycles. The van der Waals surface area contributed by atoms with Gasteiger partial charge in [0, 0.05) is 6.42 Å². The van der Waals surface area contributed by atoms with Crippen LogP contribution in [-0.4, -0.2) is 33.9 Å². The number of carbonyl (C=O) groups excluding carboxylic acids is 1. The van der Waals surface area contributed by atoms with Crippen molar-refractivity contribution < 1.29 is 4.79 Å². The number of alkyl halides is 3. The van der Waals surface area contributed by atoms with Gasteiger partial charge in [-0.15, -0.1) is 0 Å². The molecule has 0 spiro atoms. The van der Waals surface area contributed by atoms with Gasteiger partial charge in [0.05, 0.1) is 0 Å². The second-order valence-electron chi connectivity index (χ2n) is 3.48. The molecule has 1 atom stereocenters. The average Bonchev–Trinajstić information content (AvgIpc) is 2.17. The fraction of sp³-hybridized carbons (Fsp3) is 0.900. The van der Waals surface area contributed by atoms with E-state index in [1.165, 1.54) is 0 Å². The number of nitrogens with one attached hydrogen (secondary N) is 1. The van der Waals surface area contributed by atoms with E-state index in [1.807, 2.05) is 25.7 Å². The topological polar surface area (TPSA) is 32.3 Å². The number of halogens is 3. The molecule has 0 aromatic rings. The van der Waals surface area contributed by atoms with Gasteiger partial charge < -0.3 is 5.32 Å². The lowest BCUT2D eigenvalue weighted by molar-refractivity contribution is -0.123. The van der Waals surface area contributed by atoms with Crippen molar-refractivity contribution in [1.82, 2.24) is 10.2 Å². The van der Waals surface area contributed by atoms with Gasteiger partial charge in [-0.1, -0.05) is 55.6 Å². The molecular formula is C10H19Cl3N2O. The number of carbonyl (C=O) groups is 1. The maximum absolute atomic E-state index is 11.5. The van der Waals surface area contributed by atoms with Crippen molar-refractivity contribution in [3.05, 3.63) is 0 Å². The summed E-state index contributed by atoms with van der Waals surface area (Å²) in [6.45, 7) is 7.27. The Balaban J connectivity index is 4.62. The van der Waals surface area contributed by atoms with Crippen LogP contribution in [0.5, 0.6) is 0 Å². The zero-order chi connectivity index (χ0) is 12.8. The zero-order valence-electron chi connectivity index (χ0n) is 9.90. The summed E-state index contributed by atoms with van der Waals surface area (Å²) >= 11 is 17.6. The SMILES string of the molecule is CCCC(=O)N[C@@H](N(CC)CC)C(Cl)(Cl)Cl. The number of nitrogens with zero attached hydrogens (tertiary/aromatic N) is 1. The summed E-state index contributed by atoms with van der Waals surface area (Å²) in [5.41, 5.74) is 0. The van der Waals surface area contributed by atoms with Crippen LogP contribution in [-0.2, 0) is 4.79 Å². The van der Waals surface area contributed by atoms with Gasteiger partial charge in [-0.3, -0.25) is 9.69 Å². The lowest BCUT2D eigenvalue weighted by Crippen LogP contribution is -2.55. The van der Waals surface area contributed by atoms with E-state index >= 15 is 0 Å². The van der Waals surface area contributed by atoms with E-state index in [1.54, 1.807) is 0 Å². The molecule has 0 aliphatic carbocycles. The molecule has 0 rings (SSSR count). The number of hydrogen-bond acceptors (Lipinski definition) is 2. The van der Waals surface area contributed by atoms with E-state index in [0.717, 1.165) is 6.42 Å². The highest BCUT2D eigenvalue weighted by Gasteiger charge is 2.37. The molecule has 0 unspecified atom stereocenters. The third kappa shape index (κ3) is 5.58. The molecular weight excluding hydrogens is 270 g/mol. The molecule has 0 radical (unpaired) electrons. The molecule has 96 valence electrons. The summed E-state index contributed by atoms with van der Waals surface area (Å²) in [6.07, 6.45) is 0.640. The summed E-state index contributed by atoms with van der Waals surface area (Å²) in [6, 6.07) is 0. The fourth-order valence-corrected chi connectivity index (χ4v) is 2.00. The molecule has 0 heterocycles. The van der Waals surface area contributed by atoms with Crippen LogP contribution in [0.3, 0.4) is 0 Å². The highest BCUT2D eigenvalue weighted by atomic mass is 35.6. The first-order valence-electron chi connectivity index (χ1n) is 5.46. The maximum atomic E-state index is 11.5.